The number of ether oxygens (including phenoxy) is 1. The van der Waals surface area contributed by atoms with E-state index in [-0.39, 0.29) is 6.04 Å². The molecular formula is C17H23NO2. The molecule has 0 saturated heterocycles. The Morgan fingerprint density at radius 3 is 2.70 bits per heavy atom. The van der Waals surface area contributed by atoms with E-state index in [0.29, 0.717) is 0 Å². The van der Waals surface area contributed by atoms with Crippen LogP contribution in [0.1, 0.15) is 43.4 Å². The summed E-state index contributed by atoms with van der Waals surface area (Å²) < 4.78 is 11.2. The highest BCUT2D eigenvalue weighted by atomic mass is 16.5. The minimum absolute atomic E-state index is 0.203. The van der Waals surface area contributed by atoms with Crippen molar-refractivity contribution < 1.29 is 9.15 Å². The molecule has 1 atom stereocenters. The van der Waals surface area contributed by atoms with Crippen molar-refractivity contribution in [1.82, 2.24) is 0 Å². The van der Waals surface area contributed by atoms with Crippen LogP contribution in [-0.2, 0) is 0 Å². The number of anilines is 1. The molecule has 3 nitrogen and oxygen atoms in total. The van der Waals surface area contributed by atoms with Crippen molar-refractivity contribution in [3.63, 3.8) is 0 Å². The Kier molecular flexibility index (Phi) is 4.72. The molecule has 2 rings (SSSR count). The van der Waals surface area contributed by atoms with Crippen LogP contribution >= 0.6 is 0 Å². The molecule has 0 aliphatic heterocycles. The molecule has 0 aliphatic carbocycles. The first-order chi connectivity index (χ1) is 9.60. The second-order valence-corrected chi connectivity index (χ2v) is 5.11. The first kappa shape index (κ1) is 14.5. The summed E-state index contributed by atoms with van der Waals surface area (Å²) in [5.41, 5.74) is 2.26. The summed E-state index contributed by atoms with van der Waals surface area (Å²) in [6, 6.07) is 10.4. The van der Waals surface area contributed by atoms with Crippen LogP contribution in [0.2, 0.25) is 0 Å². The second kappa shape index (κ2) is 6.51. The Hall–Kier alpha value is -1.90. The van der Waals surface area contributed by atoms with Gasteiger partial charge in [0.25, 0.3) is 0 Å². The van der Waals surface area contributed by atoms with Crippen LogP contribution in [0.5, 0.6) is 5.75 Å². The van der Waals surface area contributed by atoms with E-state index in [1.807, 2.05) is 32.0 Å². The van der Waals surface area contributed by atoms with Gasteiger partial charge in [0, 0.05) is 17.3 Å². The summed E-state index contributed by atoms with van der Waals surface area (Å²) >= 11 is 0. The molecule has 1 unspecified atom stereocenters. The van der Waals surface area contributed by atoms with Crippen LogP contribution in [-0.4, -0.2) is 6.61 Å². The molecule has 0 amide bonds. The molecule has 2 aromatic rings. The van der Waals surface area contributed by atoms with Gasteiger partial charge in [0.05, 0.1) is 12.6 Å². The van der Waals surface area contributed by atoms with Gasteiger partial charge in [0.15, 0.2) is 0 Å². The predicted molar refractivity (Wildman–Crippen MR) is 82.4 cm³/mol. The lowest BCUT2D eigenvalue weighted by molar-refractivity contribution is 0.317. The number of nitrogens with one attached hydrogen (secondary N) is 1. The summed E-state index contributed by atoms with van der Waals surface area (Å²) in [6.45, 7) is 8.97. The van der Waals surface area contributed by atoms with E-state index in [1.165, 1.54) is 5.56 Å². The molecule has 1 aromatic heterocycles. The number of aryl methyl sites for hydroxylation is 2. The van der Waals surface area contributed by atoms with Crippen molar-refractivity contribution in [1.29, 1.82) is 0 Å². The Morgan fingerprint density at radius 1 is 1.25 bits per heavy atom. The van der Waals surface area contributed by atoms with E-state index in [0.717, 1.165) is 36.0 Å². The summed E-state index contributed by atoms with van der Waals surface area (Å²) in [7, 11) is 0. The highest BCUT2D eigenvalue weighted by Gasteiger charge is 2.12. The van der Waals surface area contributed by atoms with E-state index < -0.39 is 0 Å². The quantitative estimate of drug-likeness (QED) is 0.816. The monoisotopic (exact) mass is 273 g/mol. The van der Waals surface area contributed by atoms with Gasteiger partial charge < -0.3 is 14.5 Å². The third kappa shape index (κ3) is 3.56. The van der Waals surface area contributed by atoms with E-state index in [9.17, 15) is 0 Å². The molecule has 0 bridgehead atoms. The van der Waals surface area contributed by atoms with Gasteiger partial charge in [-0.05, 0) is 45.4 Å². The average Bonchev–Trinajstić information content (AvgIpc) is 2.76. The lowest BCUT2D eigenvalue weighted by atomic mass is 10.1. The van der Waals surface area contributed by atoms with Gasteiger partial charge in [0.2, 0.25) is 0 Å². The zero-order valence-corrected chi connectivity index (χ0v) is 12.7. The lowest BCUT2D eigenvalue weighted by Gasteiger charge is -2.15. The van der Waals surface area contributed by atoms with Crippen LogP contribution in [0.4, 0.5) is 5.69 Å². The second-order valence-electron chi connectivity index (χ2n) is 5.11. The van der Waals surface area contributed by atoms with Gasteiger partial charge in [0.1, 0.15) is 17.3 Å². The molecule has 1 heterocycles. The Morgan fingerprint density at radius 2 is 2.05 bits per heavy atom. The molecular weight excluding hydrogens is 250 g/mol. The van der Waals surface area contributed by atoms with Crippen LogP contribution in [0.15, 0.2) is 34.7 Å². The largest absolute Gasteiger partial charge is 0.494 e. The molecule has 0 saturated carbocycles. The van der Waals surface area contributed by atoms with Crippen molar-refractivity contribution in [2.24, 2.45) is 0 Å². The maximum Gasteiger partial charge on any atom is 0.121 e. The maximum absolute atomic E-state index is 5.65. The first-order valence-electron chi connectivity index (χ1n) is 7.16. The van der Waals surface area contributed by atoms with Gasteiger partial charge >= 0.3 is 0 Å². The molecule has 20 heavy (non-hydrogen) atoms. The number of furan rings is 1. The Bertz CT molecular complexity index is 560. The molecule has 1 aromatic carbocycles. The standard InChI is InChI=1S/C17H23NO2/c1-5-9-19-16-8-6-7-15(11-16)18-13(3)17-10-12(2)20-14(17)4/h6-8,10-11,13,18H,5,9H2,1-4H3. The summed E-state index contributed by atoms with van der Waals surface area (Å²) in [4.78, 5) is 0. The van der Waals surface area contributed by atoms with Crippen molar-refractivity contribution in [2.75, 3.05) is 11.9 Å². The van der Waals surface area contributed by atoms with Crippen molar-refractivity contribution in [2.45, 2.75) is 40.2 Å². The van der Waals surface area contributed by atoms with Crippen LogP contribution < -0.4 is 10.1 Å². The highest BCUT2D eigenvalue weighted by molar-refractivity contribution is 5.50. The van der Waals surface area contributed by atoms with Crippen molar-refractivity contribution in [3.05, 3.63) is 47.4 Å². The molecule has 0 radical (unpaired) electrons. The lowest BCUT2D eigenvalue weighted by Crippen LogP contribution is -2.07. The maximum atomic E-state index is 5.65. The zero-order valence-electron chi connectivity index (χ0n) is 12.7. The van der Waals surface area contributed by atoms with Crippen molar-refractivity contribution >= 4 is 5.69 Å². The third-order valence-corrected chi connectivity index (χ3v) is 3.24. The fraction of sp³-hybridized carbons (Fsp3) is 0.412. The molecule has 0 spiro atoms. The number of hydrogen-bond acceptors (Lipinski definition) is 3. The summed E-state index contributed by atoms with van der Waals surface area (Å²) in [5.74, 6) is 2.83. The van der Waals surface area contributed by atoms with Crippen LogP contribution in [0, 0.1) is 13.8 Å². The molecule has 0 aliphatic rings. The molecule has 1 N–H and O–H groups in total. The number of rotatable bonds is 6. The summed E-state index contributed by atoms with van der Waals surface area (Å²) in [5, 5.41) is 3.49. The number of benzene rings is 1. The van der Waals surface area contributed by atoms with Crippen LogP contribution in [0.3, 0.4) is 0 Å². The minimum atomic E-state index is 0.203. The topological polar surface area (TPSA) is 34.4 Å². The molecule has 108 valence electrons. The van der Waals surface area contributed by atoms with Crippen LogP contribution in [0.25, 0.3) is 0 Å². The predicted octanol–water partition coefficient (Wildman–Crippen LogP) is 4.86. The smallest absolute Gasteiger partial charge is 0.121 e. The first-order valence-corrected chi connectivity index (χ1v) is 7.16. The van der Waals surface area contributed by atoms with E-state index in [4.69, 9.17) is 9.15 Å². The normalized spacial score (nSPS) is 12.2. The van der Waals surface area contributed by atoms with Crippen molar-refractivity contribution in [3.8, 4) is 5.75 Å². The molecule has 3 heteroatoms. The SMILES string of the molecule is CCCOc1cccc(NC(C)c2cc(C)oc2C)c1. The van der Waals surface area contributed by atoms with E-state index >= 15 is 0 Å². The van der Waals surface area contributed by atoms with Gasteiger partial charge in [-0.3, -0.25) is 0 Å². The summed E-state index contributed by atoms with van der Waals surface area (Å²) in [6.07, 6.45) is 1.02. The van der Waals surface area contributed by atoms with Gasteiger partial charge in [-0.25, -0.2) is 0 Å². The van der Waals surface area contributed by atoms with Gasteiger partial charge in [-0.1, -0.05) is 13.0 Å². The zero-order chi connectivity index (χ0) is 14.5. The van der Waals surface area contributed by atoms with E-state index in [2.05, 4.69) is 31.3 Å². The third-order valence-electron chi connectivity index (χ3n) is 3.24. The minimum Gasteiger partial charge on any atom is -0.494 e. The van der Waals surface area contributed by atoms with Gasteiger partial charge in [-0.15, -0.1) is 0 Å². The fourth-order valence-corrected chi connectivity index (χ4v) is 2.30. The van der Waals surface area contributed by atoms with E-state index in [1.54, 1.807) is 0 Å². The Labute approximate surface area is 121 Å². The van der Waals surface area contributed by atoms with Gasteiger partial charge in [-0.2, -0.15) is 0 Å². The number of hydrogen-bond donors (Lipinski definition) is 1. The molecule has 0 fully saturated rings. The highest BCUT2D eigenvalue weighted by Crippen LogP contribution is 2.26. The average molecular weight is 273 g/mol. The fourth-order valence-electron chi connectivity index (χ4n) is 2.30. The Balaban J connectivity index is 2.07.